The number of methoxy groups -OCH3 is 2. The van der Waals surface area contributed by atoms with Crippen LogP contribution in [0, 0.1) is 5.92 Å². The van der Waals surface area contributed by atoms with Gasteiger partial charge in [0.25, 0.3) is 11.5 Å². The second-order valence-electron chi connectivity index (χ2n) is 8.47. The largest absolute Gasteiger partial charge is 0.468 e. The average molecular weight is 517 g/mol. The van der Waals surface area contributed by atoms with E-state index in [2.05, 4.69) is 9.47 Å². The van der Waals surface area contributed by atoms with Crippen molar-refractivity contribution in [2.75, 3.05) is 14.2 Å². The molecule has 1 aliphatic heterocycles. The Morgan fingerprint density at radius 3 is 2.14 bits per heavy atom. The molecule has 1 aromatic carbocycles. The zero-order chi connectivity index (χ0) is 27.4. The molecular weight excluding hydrogens is 488 g/mol. The highest BCUT2D eigenvalue weighted by Gasteiger charge is 2.46. The first kappa shape index (κ1) is 27.5. The van der Waals surface area contributed by atoms with Gasteiger partial charge in [0.1, 0.15) is 0 Å². The van der Waals surface area contributed by atoms with Crippen LogP contribution in [0.4, 0.5) is 0 Å². The van der Waals surface area contributed by atoms with Crippen molar-refractivity contribution in [3.63, 3.8) is 0 Å². The quantitative estimate of drug-likeness (QED) is 0.296. The Kier molecular flexibility index (Phi) is 8.43. The van der Waals surface area contributed by atoms with Crippen molar-refractivity contribution in [2.24, 2.45) is 5.92 Å². The minimum absolute atomic E-state index is 0.00163. The van der Waals surface area contributed by atoms with Gasteiger partial charge >= 0.3 is 23.6 Å². The Morgan fingerprint density at radius 2 is 1.62 bits per heavy atom. The topological polar surface area (TPSA) is 149 Å². The molecule has 1 fully saturated rings. The Morgan fingerprint density at radius 1 is 1.03 bits per heavy atom. The summed E-state index contributed by atoms with van der Waals surface area (Å²) in [6, 6.07) is 7.51. The van der Waals surface area contributed by atoms with Crippen molar-refractivity contribution in [3.8, 4) is 0 Å². The maximum Gasteiger partial charge on any atom is 0.340 e. The van der Waals surface area contributed by atoms with Crippen LogP contribution in [0.3, 0.4) is 0 Å². The summed E-state index contributed by atoms with van der Waals surface area (Å²) in [4.78, 5) is 77.4. The zero-order valence-electron chi connectivity index (χ0n) is 21.0. The minimum Gasteiger partial charge on any atom is -0.468 e. The van der Waals surface area contributed by atoms with Crippen molar-refractivity contribution < 1.29 is 38.1 Å². The van der Waals surface area contributed by atoms with Crippen molar-refractivity contribution in [1.29, 1.82) is 0 Å². The van der Waals surface area contributed by atoms with Gasteiger partial charge in [-0.25, -0.2) is 4.79 Å². The number of ether oxygens (including phenoxy) is 4. The number of hydrogen-bond acceptors (Lipinski definition) is 10. The van der Waals surface area contributed by atoms with Crippen LogP contribution >= 0.6 is 0 Å². The van der Waals surface area contributed by atoms with Crippen molar-refractivity contribution >= 4 is 23.8 Å². The predicted octanol–water partition coefficient (Wildman–Crippen LogP) is 1.00. The third kappa shape index (κ3) is 5.24. The molecule has 0 aliphatic carbocycles. The molecule has 0 saturated carbocycles. The maximum absolute atomic E-state index is 13.6. The number of nitrogens with zero attached hydrogens (tertiary/aromatic N) is 2. The molecule has 0 radical (unpaired) electrons. The standard InChI is InChI=1S/C25H28N2O10/c1-6-17-13(2)19(36-14(3)28)22(37-17)26-12-16(18(23(31)34-4)24(32)35-5)21(30)27(25(26)33)20(29)15-10-8-7-9-11-15/h7-13,17-19,22H,6H2,1-5H3/t13-,17+,19?,22+/m0/s1. The second-order valence-corrected chi connectivity index (χ2v) is 8.47. The van der Waals surface area contributed by atoms with E-state index in [0.717, 1.165) is 25.0 Å². The van der Waals surface area contributed by atoms with E-state index in [4.69, 9.17) is 9.47 Å². The Balaban J connectivity index is 2.35. The monoisotopic (exact) mass is 516 g/mol. The molecule has 37 heavy (non-hydrogen) atoms. The lowest BCUT2D eigenvalue weighted by Gasteiger charge is -2.24. The van der Waals surface area contributed by atoms with Crippen LogP contribution in [-0.4, -0.2) is 59.4 Å². The van der Waals surface area contributed by atoms with Gasteiger partial charge in [-0.05, 0) is 18.6 Å². The summed E-state index contributed by atoms with van der Waals surface area (Å²) < 4.78 is 22.0. The van der Waals surface area contributed by atoms with E-state index in [1.807, 2.05) is 6.92 Å². The van der Waals surface area contributed by atoms with E-state index >= 15 is 0 Å². The summed E-state index contributed by atoms with van der Waals surface area (Å²) in [5.74, 6) is -6.19. The lowest BCUT2D eigenvalue weighted by atomic mass is 9.98. The summed E-state index contributed by atoms with van der Waals surface area (Å²) in [6.45, 7) is 4.80. The molecule has 3 rings (SSSR count). The smallest absolute Gasteiger partial charge is 0.340 e. The summed E-state index contributed by atoms with van der Waals surface area (Å²) in [6.07, 6.45) is -1.22. The number of aromatic nitrogens is 2. The molecule has 0 amide bonds. The Hall–Kier alpha value is -4.06. The number of carbonyl (C=O) groups excluding carboxylic acids is 4. The fourth-order valence-corrected chi connectivity index (χ4v) is 4.35. The number of benzene rings is 1. The highest BCUT2D eigenvalue weighted by molar-refractivity contribution is 6.01. The van der Waals surface area contributed by atoms with Gasteiger partial charge < -0.3 is 18.9 Å². The molecule has 2 aromatic rings. The van der Waals surface area contributed by atoms with Crippen LogP contribution in [0.5, 0.6) is 0 Å². The van der Waals surface area contributed by atoms with Gasteiger partial charge in [0.2, 0.25) is 0 Å². The van der Waals surface area contributed by atoms with Crippen LogP contribution in [0.25, 0.3) is 0 Å². The van der Waals surface area contributed by atoms with Gasteiger partial charge in [0.15, 0.2) is 18.2 Å². The fraction of sp³-hybridized carbons (Fsp3) is 0.440. The molecule has 1 saturated heterocycles. The zero-order valence-corrected chi connectivity index (χ0v) is 21.0. The molecule has 4 atom stereocenters. The third-order valence-corrected chi connectivity index (χ3v) is 6.23. The third-order valence-electron chi connectivity index (χ3n) is 6.23. The number of esters is 3. The molecule has 2 heterocycles. The molecule has 1 aliphatic rings. The highest BCUT2D eigenvalue weighted by Crippen LogP contribution is 2.37. The van der Waals surface area contributed by atoms with Gasteiger partial charge in [-0.15, -0.1) is 0 Å². The van der Waals surface area contributed by atoms with E-state index in [0.29, 0.717) is 11.0 Å². The SMILES string of the molecule is CC[C@H]1O[C@@H](n2cc(C(C(=O)OC)C(=O)OC)c(=O)n(C(=O)c3ccccc3)c2=O)C(OC(C)=O)[C@H]1C. The van der Waals surface area contributed by atoms with Gasteiger partial charge in [-0.1, -0.05) is 32.0 Å². The number of hydrogen-bond donors (Lipinski definition) is 0. The van der Waals surface area contributed by atoms with Gasteiger partial charge in [0, 0.05) is 24.6 Å². The summed E-state index contributed by atoms with van der Waals surface area (Å²) in [7, 11) is 2.01. The van der Waals surface area contributed by atoms with Gasteiger partial charge in [-0.3, -0.25) is 28.5 Å². The normalized spacial score (nSPS) is 20.9. The molecule has 1 unspecified atom stereocenters. The van der Waals surface area contributed by atoms with Crippen molar-refractivity contribution in [2.45, 2.75) is 51.5 Å². The maximum atomic E-state index is 13.6. The van der Waals surface area contributed by atoms with Crippen LogP contribution in [0.1, 0.15) is 55.3 Å². The molecule has 12 heteroatoms. The highest BCUT2D eigenvalue weighted by atomic mass is 16.6. The van der Waals surface area contributed by atoms with Crippen LogP contribution in [-0.2, 0) is 33.3 Å². The molecule has 0 spiro atoms. The first-order valence-electron chi connectivity index (χ1n) is 11.5. The summed E-state index contributed by atoms with van der Waals surface area (Å²) >= 11 is 0. The van der Waals surface area contributed by atoms with E-state index in [9.17, 15) is 28.8 Å². The van der Waals surface area contributed by atoms with E-state index < -0.39 is 65.0 Å². The van der Waals surface area contributed by atoms with Gasteiger partial charge in [-0.2, -0.15) is 4.57 Å². The number of rotatable bonds is 7. The number of carbonyl (C=O) groups is 4. The lowest BCUT2D eigenvalue weighted by molar-refractivity contribution is -0.154. The summed E-state index contributed by atoms with van der Waals surface area (Å²) in [5, 5.41) is 0. The molecule has 198 valence electrons. The van der Waals surface area contributed by atoms with E-state index in [-0.39, 0.29) is 11.5 Å². The molecule has 0 N–H and O–H groups in total. The first-order valence-corrected chi connectivity index (χ1v) is 11.5. The van der Waals surface area contributed by atoms with E-state index in [1.54, 1.807) is 13.0 Å². The van der Waals surface area contributed by atoms with Crippen LogP contribution in [0.2, 0.25) is 0 Å². The van der Waals surface area contributed by atoms with Gasteiger partial charge in [0.05, 0.1) is 25.9 Å². The minimum atomic E-state index is -1.91. The van der Waals surface area contributed by atoms with Crippen molar-refractivity contribution in [3.05, 3.63) is 68.5 Å². The predicted molar refractivity (Wildman–Crippen MR) is 127 cm³/mol. The molecular formula is C25H28N2O10. The molecule has 12 nitrogen and oxygen atoms in total. The second kappa shape index (κ2) is 11.3. The molecule has 1 aromatic heterocycles. The first-order chi connectivity index (χ1) is 17.6. The van der Waals surface area contributed by atoms with Crippen molar-refractivity contribution in [1.82, 2.24) is 9.13 Å². The molecule has 0 bridgehead atoms. The Labute approximate surface area is 211 Å². The Bertz CT molecular complexity index is 1300. The lowest BCUT2D eigenvalue weighted by Crippen LogP contribution is -2.49. The van der Waals surface area contributed by atoms with Crippen LogP contribution in [0.15, 0.2) is 46.1 Å². The fourth-order valence-electron chi connectivity index (χ4n) is 4.35. The summed E-state index contributed by atoms with van der Waals surface area (Å²) in [5.41, 5.74) is -2.87. The average Bonchev–Trinajstić information content (AvgIpc) is 3.19. The van der Waals surface area contributed by atoms with Crippen LogP contribution < -0.4 is 11.2 Å². The van der Waals surface area contributed by atoms with E-state index in [1.165, 1.54) is 31.2 Å².